The summed E-state index contributed by atoms with van der Waals surface area (Å²) in [6.07, 6.45) is 7.41. The molecule has 0 aliphatic carbocycles. The third-order valence-electron chi connectivity index (χ3n) is 2.47. The van der Waals surface area contributed by atoms with E-state index in [1.54, 1.807) is 0 Å². The molecule has 0 N–H and O–H groups in total. The monoisotopic (exact) mass is 156 g/mol. The SMILES string of the molecule is CCCC[C@H](CCC)C1CO1. The Hall–Kier alpha value is -0.0400. The second-order valence-corrected chi connectivity index (χ2v) is 3.56. The van der Waals surface area contributed by atoms with Crippen LogP contribution in [0, 0.1) is 5.92 Å². The van der Waals surface area contributed by atoms with Crippen molar-refractivity contribution in [1.29, 1.82) is 0 Å². The molecule has 0 amide bonds. The lowest BCUT2D eigenvalue weighted by Crippen LogP contribution is -2.07. The van der Waals surface area contributed by atoms with Gasteiger partial charge in [0.15, 0.2) is 0 Å². The molecule has 0 spiro atoms. The number of ether oxygens (including phenoxy) is 1. The number of epoxide rings is 1. The number of hydrogen-bond acceptors (Lipinski definition) is 1. The number of hydrogen-bond donors (Lipinski definition) is 0. The first-order valence-electron chi connectivity index (χ1n) is 5.00. The summed E-state index contributed by atoms with van der Waals surface area (Å²) < 4.78 is 5.32. The summed E-state index contributed by atoms with van der Waals surface area (Å²) in [4.78, 5) is 0. The summed E-state index contributed by atoms with van der Waals surface area (Å²) in [5.74, 6) is 0.875. The number of rotatable bonds is 6. The molecule has 0 aromatic carbocycles. The zero-order chi connectivity index (χ0) is 8.10. The van der Waals surface area contributed by atoms with E-state index in [0.717, 1.165) is 12.5 Å². The third-order valence-corrected chi connectivity index (χ3v) is 2.47. The molecule has 1 aliphatic rings. The largest absolute Gasteiger partial charge is 0.373 e. The highest BCUT2D eigenvalue weighted by Gasteiger charge is 2.30. The standard InChI is InChI=1S/C10H20O/c1-3-5-7-9(6-4-2)10-8-11-10/h9-10H,3-8H2,1-2H3/t9-,10?/m0/s1. The molecule has 0 aromatic heterocycles. The first kappa shape index (κ1) is 9.05. The van der Waals surface area contributed by atoms with Crippen molar-refractivity contribution in [2.75, 3.05) is 6.61 Å². The Morgan fingerprint density at radius 2 is 2.00 bits per heavy atom. The van der Waals surface area contributed by atoms with Gasteiger partial charge in [0, 0.05) is 0 Å². The van der Waals surface area contributed by atoms with Gasteiger partial charge in [-0.25, -0.2) is 0 Å². The van der Waals surface area contributed by atoms with Gasteiger partial charge < -0.3 is 4.74 Å². The second kappa shape index (κ2) is 4.76. The van der Waals surface area contributed by atoms with Gasteiger partial charge in [0.25, 0.3) is 0 Å². The Bertz CT molecular complexity index is 97.0. The molecule has 0 saturated carbocycles. The lowest BCUT2D eigenvalue weighted by atomic mass is 9.94. The average Bonchev–Trinajstić information content (AvgIpc) is 2.80. The topological polar surface area (TPSA) is 12.5 Å². The maximum Gasteiger partial charge on any atom is 0.0838 e. The second-order valence-electron chi connectivity index (χ2n) is 3.56. The Labute approximate surface area is 70.1 Å². The lowest BCUT2D eigenvalue weighted by molar-refractivity contribution is 0.296. The summed E-state index contributed by atoms with van der Waals surface area (Å²) >= 11 is 0. The van der Waals surface area contributed by atoms with E-state index in [2.05, 4.69) is 13.8 Å². The lowest BCUT2D eigenvalue weighted by Gasteiger charge is -2.11. The third kappa shape index (κ3) is 3.24. The average molecular weight is 156 g/mol. The van der Waals surface area contributed by atoms with E-state index in [0.29, 0.717) is 6.10 Å². The molecule has 0 radical (unpaired) electrons. The van der Waals surface area contributed by atoms with Crippen molar-refractivity contribution in [3.05, 3.63) is 0 Å². The van der Waals surface area contributed by atoms with E-state index >= 15 is 0 Å². The van der Waals surface area contributed by atoms with Crippen LogP contribution < -0.4 is 0 Å². The number of unbranched alkanes of at least 4 members (excludes halogenated alkanes) is 1. The molecule has 0 bridgehead atoms. The van der Waals surface area contributed by atoms with E-state index in [1.807, 2.05) is 0 Å². The van der Waals surface area contributed by atoms with Crippen LogP contribution in [0.15, 0.2) is 0 Å². The molecule has 1 aliphatic heterocycles. The molecule has 1 heterocycles. The molecule has 0 aromatic rings. The van der Waals surface area contributed by atoms with E-state index in [4.69, 9.17) is 4.74 Å². The molecular weight excluding hydrogens is 136 g/mol. The van der Waals surface area contributed by atoms with Crippen molar-refractivity contribution in [2.24, 2.45) is 5.92 Å². The van der Waals surface area contributed by atoms with Gasteiger partial charge in [-0.1, -0.05) is 33.1 Å². The molecule has 11 heavy (non-hydrogen) atoms. The fourth-order valence-corrected chi connectivity index (χ4v) is 1.68. The molecule has 1 unspecified atom stereocenters. The highest BCUT2D eigenvalue weighted by atomic mass is 16.6. The Kier molecular flexibility index (Phi) is 3.92. The van der Waals surface area contributed by atoms with Crippen molar-refractivity contribution >= 4 is 0 Å². The van der Waals surface area contributed by atoms with E-state index in [-0.39, 0.29) is 0 Å². The van der Waals surface area contributed by atoms with Crippen LogP contribution in [-0.2, 0) is 4.74 Å². The molecular formula is C10H20O. The van der Waals surface area contributed by atoms with Crippen molar-refractivity contribution in [3.63, 3.8) is 0 Å². The summed E-state index contributed by atoms with van der Waals surface area (Å²) in [7, 11) is 0. The summed E-state index contributed by atoms with van der Waals surface area (Å²) in [6, 6.07) is 0. The highest BCUT2D eigenvalue weighted by Crippen LogP contribution is 2.28. The highest BCUT2D eigenvalue weighted by molar-refractivity contribution is 4.78. The van der Waals surface area contributed by atoms with Crippen LogP contribution in [-0.4, -0.2) is 12.7 Å². The molecule has 1 fully saturated rings. The molecule has 2 atom stereocenters. The van der Waals surface area contributed by atoms with Crippen LogP contribution >= 0.6 is 0 Å². The van der Waals surface area contributed by atoms with Crippen LogP contribution in [0.4, 0.5) is 0 Å². The predicted molar refractivity (Wildman–Crippen MR) is 47.7 cm³/mol. The maximum atomic E-state index is 5.32. The summed E-state index contributed by atoms with van der Waals surface area (Å²) in [6.45, 7) is 5.56. The normalized spacial score (nSPS) is 25.1. The molecule has 1 nitrogen and oxygen atoms in total. The first-order valence-corrected chi connectivity index (χ1v) is 5.00. The Morgan fingerprint density at radius 1 is 1.27 bits per heavy atom. The van der Waals surface area contributed by atoms with Crippen LogP contribution in [0.2, 0.25) is 0 Å². The van der Waals surface area contributed by atoms with Gasteiger partial charge in [-0.3, -0.25) is 0 Å². The summed E-state index contributed by atoms with van der Waals surface area (Å²) in [5, 5.41) is 0. The molecule has 1 rings (SSSR count). The zero-order valence-corrected chi connectivity index (χ0v) is 7.81. The fourth-order valence-electron chi connectivity index (χ4n) is 1.68. The van der Waals surface area contributed by atoms with Gasteiger partial charge in [0.05, 0.1) is 12.7 Å². The van der Waals surface area contributed by atoms with Gasteiger partial charge >= 0.3 is 0 Å². The van der Waals surface area contributed by atoms with Crippen LogP contribution in [0.3, 0.4) is 0 Å². The summed E-state index contributed by atoms with van der Waals surface area (Å²) in [5.41, 5.74) is 0. The van der Waals surface area contributed by atoms with Crippen LogP contribution in [0.5, 0.6) is 0 Å². The predicted octanol–water partition coefficient (Wildman–Crippen LogP) is 2.99. The van der Waals surface area contributed by atoms with E-state index in [1.165, 1.54) is 32.1 Å². The van der Waals surface area contributed by atoms with Gasteiger partial charge in [0.1, 0.15) is 0 Å². The maximum absolute atomic E-state index is 5.32. The fraction of sp³-hybridized carbons (Fsp3) is 1.00. The first-order chi connectivity index (χ1) is 5.38. The van der Waals surface area contributed by atoms with Crippen molar-refractivity contribution in [1.82, 2.24) is 0 Å². The zero-order valence-electron chi connectivity index (χ0n) is 7.81. The Morgan fingerprint density at radius 3 is 2.45 bits per heavy atom. The minimum Gasteiger partial charge on any atom is -0.373 e. The molecule has 1 saturated heterocycles. The quantitative estimate of drug-likeness (QED) is 0.538. The smallest absolute Gasteiger partial charge is 0.0838 e. The minimum absolute atomic E-state index is 0.640. The van der Waals surface area contributed by atoms with Crippen molar-refractivity contribution in [2.45, 2.75) is 52.1 Å². The van der Waals surface area contributed by atoms with Gasteiger partial charge in [-0.15, -0.1) is 0 Å². The van der Waals surface area contributed by atoms with E-state index < -0.39 is 0 Å². The molecule has 1 heteroatoms. The van der Waals surface area contributed by atoms with Crippen molar-refractivity contribution < 1.29 is 4.74 Å². The Balaban J connectivity index is 2.10. The van der Waals surface area contributed by atoms with Gasteiger partial charge in [-0.2, -0.15) is 0 Å². The van der Waals surface area contributed by atoms with Gasteiger partial charge in [-0.05, 0) is 18.8 Å². The molecule has 66 valence electrons. The van der Waals surface area contributed by atoms with Crippen molar-refractivity contribution in [3.8, 4) is 0 Å². The minimum atomic E-state index is 0.640. The van der Waals surface area contributed by atoms with Gasteiger partial charge in [0.2, 0.25) is 0 Å². The van der Waals surface area contributed by atoms with Crippen LogP contribution in [0.1, 0.15) is 46.0 Å². The van der Waals surface area contributed by atoms with E-state index in [9.17, 15) is 0 Å². The van der Waals surface area contributed by atoms with Crippen LogP contribution in [0.25, 0.3) is 0 Å².